The van der Waals surface area contributed by atoms with E-state index in [9.17, 15) is 8.42 Å². The minimum absolute atomic E-state index is 0.0868. The standard InChI is InChI=1S/C13H23N3O2S/c1-9(2)16-8-13(6-12(16)7-14)19(17,18)15-11-4-10(3)5-11/h6,8-11,15H,4-5,7,14H2,1-3H3. The summed E-state index contributed by atoms with van der Waals surface area (Å²) in [5.74, 6) is 0.618. The number of nitrogens with zero attached hydrogens (tertiary/aromatic N) is 1. The quantitative estimate of drug-likeness (QED) is 0.862. The molecule has 0 amide bonds. The molecular formula is C13H23N3O2S. The van der Waals surface area contributed by atoms with E-state index in [1.165, 1.54) is 0 Å². The van der Waals surface area contributed by atoms with Crippen LogP contribution in [-0.4, -0.2) is 19.0 Å². The van der Waals surface area contributed by atoms with Gasteiger partial charge in [-0.15, -0.1) is 0 Å². The highest BCUT2D eigenvalue weighted by Crippen LogP contribution is 2.28. The smallest absolute Gasteiger partial charge is 0.242 e. The summed E-state index contributed by atoms with van der Waals surface area (Å²) in [6, 6.07) is 1.96. The van der Waals surface area contributed by atoms with Gasteiger partial charge in [-0.25, -0.2) is 13.1 Å². The molecule has 1 aliphatic carbocycles. The molecule has 108 valence electrons. The van der Waals surface area contributed by atoms with Crippen LogP contribution >= 0.6 is 0 Å². The Morgan fingerprint density at radius 3 is 2.53 bits per heavy atom. The molecule has 6 heteroatoms. The molecular weight excluding hydrogens is 262 g/mol. The minimum Gasteiger partial charge on any atom is -0.346 e. The number of hydrogen-bond acceptors (Lipinski definition) is 3. The van der Waals surface area contributed by atoms with Crippen LogP contribution in [0.2, 0.25) is 0 Å². The SMILES string of the molecule is CC1CC(NS(=O)(=O)c2cc(CN)n(C(C)C)c2)C1. The monoisotopic (exact) mass is 285 g/mol. The van der Waals surface area contributed by atoms with Crippen molar-refractivity contribution in [1.29, 1.82) is 0 Å². The van der Waals surface area contributed by atoms with Crippen molar-refractivity contribution in [3.05, 3.63) is 18.0 Å². The molecule has 0 atom stereocenters. The van der Waals surface area contributed by atoms with Gasteiger partial charge in [0.2, 0.25) is 10.0 Å². The summed E-state index contributed by atoms with van der Waals surface area (Å²) in [6.07, 6.45) is 3.53. The molecule has 1 heterocycles. The molecule has 1 aromatic heterocycles. The first-order valence-corrected chi connectivity index (χ1v) is 8.25. The molecule has 0 aromatic carbocycles. The summed E-state index contributed by atoms with van der Waals surface area (Å²) in [6.45, 7) is 6.49. The third-order valence-corrected chi connectivity index (χ3v) is 5.17. The zero-order valence-corrected chi connectivity index (χ0v) is 12.6. The molecule has 0 aliphatic heterocycles. The van der Waals surface area contributed by atoms with E-state index >= 15 is 0 Å². The highest BCUT2D eigenvalue weighted by molar-refractivity contribution is 7.89. The van der Waals surface area contributed by atoms with Crippen LogP contribution in [0, 0.1) is 5.92 Å². The molecule has 1 aliphatic rings. The number of sulfonamides is 1. The van der Waals surface area contributed by atoms with E-state index < -0.39 is 10.0 Å². The van der Waals surface area contributed by atoms with E-state index in [0.29, 0.717) is 17.4 Å². The average molecular weight is 285 g/mol. The maximum atomic E-state index is 12.3. The normalized spacial score (nSPS) is 23.6. The van der Waals surface area contributed by atoms with Gasteiger partial charge in [-0.05, 0) is 38.7 Å². The van der Waals surface area contributed by atoms with Crippen molar-refractivity contribution >= 4 is 10.0 Å². The molecule has 0 spiro atoms. The van der Waals surface area contributed by atoms with Crippen LogP contribution in [0.15, 0.2) is 17.2 Å². The van der Waals surface area contributed by atoms with Crippen LogP contribution in [0.1, 0.15) is 45.3 Å². The highest BCUT2D eigenvalue weighted by Gasteiger charge is 2.30. The number of nitrogens with two attached hydrogens (primary N) is 1. The second kappa shape index (κ2) is 5.26. The molecule has 0 unspecified atom stereocenters. The van der Waals surface area contributed by atoms with Crippen LogP contribution in [0.3, 0.4) is 0 Å². The summed E-state index contributed by atoms with van der Waals surface area (Å²) in [5, 5.41) is 0. The fraction of sp³-hybridized carbons (Fsp3) is 0.692. The predicted molar refractivity (Wildman–Crippen MR) is 75.2 cm³/mol. The van der Waals surface area contributed by atoms with Gasteiger partial charge in [0.25, 0.3) is 0 Å². The van der Waals surface area contributed by atoms with Crippen LogP contribution in [0.5, 0.6) is 0 Å². The summed E-state index contributed by atoms with van der Waals surface area (Å²) in [4.78, 5) is 0.321. The van der Waals surface area contributed by atoms with Crippen LogP contribution < -0.4 is 10.5 Å². The Labute approximate surface area is 115 Å². The second-order valence-corrected chi connectivity index (χ2v) is 7.48. The fourth-order valence-corrected chi connectivity index (χ4v) is 3.88. The van der Waals surface area contributed by atoms with Crippen molar-refractivity contribution in [2.75, 3.05) is 0 Å². The van der Waals surface area contributed by atoms with E-state index in [0.717, 1.165) is 18.5 Å². The number of aromatic nitrogens is 1. The summed E-state index contributed by atoms with van der Waals surface area (Å²) in [7, 11) is -3.42. The zero-order chi connectivity index (χ0) is 14.2. The van der Waals surface area contributed by atoms with E-state index in [1.807, 2.05) is 18.4 Å². The Balaban J connectivity index is 2.20. The number of nitrogens with one attached hydrogen (secondary N) is 1. The maximum absolute atomic E-state index is 12.3. The van der Waals surface area contributed by atoms with E-state index in [1.54, 1.807) is 12.3 Å². The van der Waals surface area contributed by atoms with Crippen LogP contribution in [0.4, 0.5) is 0 Å². The topological polar surface area (TPSA) is 77.1 Å². The fourth-order valence-electron chi connectivity index (χ4n) is 2.57. The number of rotatable bonds is 5. The van der Waals surface area contributed by atoms with Gasteiger partial charge >= 0.3 is 0 Å². The summed E-state index contributed by atoms with van der Waals surface area (Å²) >= 11 is 0. The molecule has 5 nitrogen and oxygen atoms in total. The first-order valence-electron chi connectivity index (χ1n) is 6.76. The lowest BCUT2D eigenvalue weighted by molar-refractivity contribution is 0.270. The lowest BCUT2D eigenvalue weighted by Gasteiger charge is -2.32. The Kier molecular flexibility index (Phi) is 4.03. The van der Waals surface area contributed by atoms with Crippen molar-refractivity contribution in [2.45, 2.75) is 57.1 Å². The first-order chi connectivity index (χ1) is 8.83. The van der Waals surface area contributed by atoms with Gasteiger partial charge in [-0.1, -0.05) is 6.92 Å². The van der Waals surface area contributed by atoms with Gasteiger partial charge in [-0.3, -0.25) is 0 Å². The Bertz CT molecular complexity index is 542. The Hall–Kier alpha value is -0.850. The Morgan fingerprint density at radius 2 is 2.11 bits per heavy atom. The predicted octanol–water partition coefficient (Wildman–Crippen LogP) is 1.60. The maximum Gasteiger partial charge on any atom is 0.242 e. The molecule has 0 radical (unpaired) electrons. The molecule has 0 saturated heterocycles. The third-order valence-electron chi connectivity index (χ3n) is 3.68. The lowest BCUT2D eigenvalue weighted by Crippen LogP contribution is -2.43. The van der Waals surface area contributed by atoms with Gasteiger partial charge in [-0.2, -0.15) is 0 Å². The van der Waals surface area contributed by atoms with Gasteiger partial charge < -0.3 is 10.3 Å². The van der Waals surface area contributed by atoms with Gasteiger partial charge in [0.05, 0.1) is 4.90 Å². The van der Waals surface area contributed by atoms with Gasteiger partial charge in [0.15, 0.2) is 0 Å². The van der Waals surface area contributed by atoms with Gasteiger partial charge in [0.1, 0.15) is 0 Å². The van der Waals surface area contributed by atoms with E-state index in [-0.39, 0.29) is 12.1 Å². The highest BCUT2D eigenvalue weighted by atomic mass is 32.2. The molecule has 1 saturated carbocycles. The molecule has 0 bridgehead atoms. The molecule has 2 rings (SSSR count). The molecule has 1 aromatic rings. The van der Waals surface area contributed by atoms with Crippen molar-refractivity contribution in [2.24, 2.45) is 11.7 Å². The molecule has 3 N–H and O–H groups in total. The van der Waals surface area contributed by atoms with Crippen LogP contribution in [-0.2, 0) is 16.6 Å². The van der Waals surface area contributed by atoms with Crippen molar-refractivity contribution in [3.63, 3.8) is 0 Å². The molecule has 1 fully saturated rings. The first kappa shape index (κ1) is 14.6. The second-order valence-electron chi connectivity index (χ2n) is 5.77. The zero-order valence-electron chi connectivity index (χ0n) is 11.8. The Morgan fingerprint density at radius 1 is 1.47 bits per heavy atom. The van der Waals surface area contributed by atoms with Gasteiger partial charge in [0, 0.05) is 30.5 Å². The molecule has 19 heavy (non-hydrogen) atoms. The largest absolute Gasteiger partial charge is 0.346 e. The summed E-state index contributed by atoms with van der Waals surface area (Å²) < 4.78 is 29.2. The van der Waals surface area contributed by atoms with E-state index in [2.05, 4.69) is 11.6 Å². The average Bonchev–Trinajstić information content (AvgIpc) is 2.71. The third kappa shape index (κ3) is 3.01. The summed E-state index contributed by atoms with van der Waals surface area (Å²) in [5.41, 5.74) is 6.51. The van der Waals surface area contributed by atoms with Crippen molar-refractivity contribution < 1.29 is 8.42 Å². The van der Waals surface area contributed by atoms with Crippen LogP contribution in [0.25, 0.3) is 0 Å². The minimum atomic E-state index is -3.42. The van der Waals surface area contributed by atoms with Crippen molar-refractivity contribution in [1.82, 2.24) is 9.29 Å². The lowest BCUT2D eigenvalue weighted by atomic mass is 9.83. The van der Waals surface area contributed by atoms with Crippen molar-refractivity contribution in [3.8, 4) is 0 Å². The number of hydrogen-bond donors (Lipinski definition) is 2. The van der Waals surface area contributed by atoms with E-state index in [4.69, 9.17) is 5.73 Å².